The molecule has 0 aromatic heterocycles. The van der Waals surface area contributed by atoms with E-state index in [1.165, 1.54) is 0 Å². The Morgan fingerprint density at radius 2 is 2.28 bits per heavy atom. The van der Waals surface area contributed by atoms with E-state index >= 15 is 0 Å². The number of anilines is 1. The minimum Gasteiger partial charge on any atom is -0.353 e. The van der Waals surface area contributed by atoms with Gasteiger partial charge >= 0.3 is 0 Å². The predicted octanol–water partition coefficient (Wildman–Crippen LogP) is 0.675. The fourth-order valence-electron chi connectivity index (χ4n) is 1.69. The molecule has 1 aromatic rings. The zero-order valence-corrected chi connectivity index (χ0v) is 10.7. The fourth-order valence-corrected chi connectivity index (χ4v) is 1.98. The van der Waals surface area contributed by atoms with Gasteiger partial charge in [-0.25, -0.2) is 0 Å². The SMILES string of the molecule is Cc1ccc(NC(=O)C2CNC(=O)CN2)c(Cl)c1. The van der Waals surface area contributed by atoms with Crippen molar-refractivity contribution in [3.05, 3.63) is 28.8 Å². The van der Waals surface area contributed by atoms with E-state index in [4.69, 9.17) is 11.6 Å². The number of hydrogen-bond acceptors (Lipinski definition) is 3. The molecule has 0 spiro atoms. The van der Waals surface area contributed by atoms with Crippen LogP contribution >= 0.6 is 11.6 Å². The summed E-state index contributed by atoms with van der Waals surface area (Å²) < 4.78 is 0. The second-order valence-corrected chi connectivity index (χ2v) is 4.62. The average molecular weight is 268 g/mol. The van der Waals surface area contributed by atoms with Gasteiger partial charge in [0.05, 0.1) is 17.3 Å². The Morgan fingerprint density at radius 3 is 2.89 bits per heavy atom. The third-order valence-corrected chi connectivity index (χ3v) is 3.02. The summed E-state index contributed by atoms with van der Waals surface area (Å²) in [4.78, 5) is 22.9. The van der Waals surface area contributed by atoms with Crippen LogP contribution in [0.15, 0.2) is 18.2 Å². The van der Waals surface area contributed by atoms with Crippen molar-refractivity contribution in [2.24, 2.45) is 0 Å². The van der Waals surface area contributed by atoms with Crippen LogP contribution in [0.5, 0.6) is 0 Å². The molecule has 1 unspecified atom stereocenters. The Balaban J connectivity index is 2.00. The van der Waals surface area contributed by atoms with Crippen molar-refractivity contribution in [1.29, 1.82) is 0 Å². The van der Waals surface area contributed by atoms with Gasteiger partial charge in [0.2, 0.25) is 11.8 Å². The van der Waals surface area contributed by atoms with Crippen molar-refractivity contribution in [3.63, 3.8) is 0 Å². The van der Waals surface area contributed by atoms with Crippen LogP contribution in [0.3, 0.4) is 0 Å². The lowest BCUT2D eigenvalue weighted by Crippen LogP contribution is -2.56. The molecule has 1 fully saturated rings. The summed E-state index contributed by atoms with van der Waals surface area (Å²) in [7, 11) is 0. The maximum absolute atomic E-state index is 11.9. The number of nitrogens with one attached hydrogen (secondary N) is 3. The van der Waals surface area contributed by atoms with Crippen molar-refractivity contribution < 1.29 is 9.59 Å². The van der Waals surface area contributed by atoms with E-state index in [1.807, 2.05) is 13.0 Å². The third kappa shape index (κ3) is 3.00. The third-order valence-electron chi connectivity index (χ3n) is 2.71. The lowest BCUT2D eigenvalue weighted by molar-refractivity contribution is -0.124. The van der Waals surface area contributed by atoms with Gasteiger partial charge in [-0.05, 0) is 24.6 Å². The number of halogens is 1. The number of carbonyl (C=O) groups is 2. The van der Waals surface area contributed by atoms with Crippen molar-refractivity contribution in [2.75, 3.05) is 18.4 Å². The van der Waals surface area contributed by atoms with Crippen LogP contribution in [0, 0.1) is 6.92 Å². The van der Waals surface area contributed by atoms with Crippen LogP contribution in [0.1, 0.15) is 5.56 Å². The van der Waals surface area contributed by atoms with Gasteiger partial charge in [-0.15, -0.1) is 0 Å². The predicted molar refractivity (Wildman–Crippen MR) is 69.6 cm³/mol. The van der Waals surface area contributed by atoms with Crippen LogP contribution in [0.2, 0.25) is 5.02 Å². The zero-order chi connectivity index (χ0) is 13.1. The molecule has 1 saturated heterocycles. The Labute approximate surface area is 110 Å². The van der Waals surface area contributed by atoms with E-state index in [0.29, 0.717) is 10.7 Å². The van der Waals surface area contributed by atoms with Gasteiger partial charge in [-0.3, -0.25) is 14.9 Å². The highest BCUT2D eigenvalue weighted by molar-refractivity contribution is 6.33. The molecule has 5 nitrogen and oxygen atoms in total. The standard InChI is InChI=1S/C12H14ClN3O2/c1-7-2-3-9(8(13)4-7)16-12(18)10-5-15-11(17)6-14-10/h2-4,10,14H,5-6H2,1H3,(H,15,17)(H,16,18). The molecular weight excluding hydrogens is 254 g/mol. The number of piperazine rings is 1. The van der Waals surface area contributed by atoms with E-state index in [1.54, 1.807) is 12.1 Å². The fraction of sp³-hybridized carbons (Fsp3) is 0.333. The van der Waals surface area contributed by atoms with Crippen LogP contribution in [0.25, 0.3) is 0 Å². The smallest absolute Gasteiger partial charge is 0.243 e. The molecule has 2 rings (SSSR count). The molecule has 96 valence electrons. The van der Waals surface area contributed by atoms with E-state index in [-0.39, 0.29) is 24.9 Å². The zero-order valence-electron chi connectivity index (χ0n) is 9.92. The Hall–Kier alpha value is -1.59. The Bertz CT molecular complexity index is 480. The number of rotatable bonds is 2. The number of benzene rings is 1. The van der Waals surface area contributed by atoms with Gasteiger partial charge in [0, 0.05) is 6.54 Å². The Kier molecular flexibility index (Phi) is 3.84. The van der Waals surface area contributed by atoms with Crippen molar-refractivity contribution in [2.45, 2.75) is 13.0 Å². The first-order valence-corrected chi connectivity index (χ1v) is 6.01. The monoisotopic (exact) mass is 267 g/mol. The first-order valence-electron chi connectivity index (χ1n) is 5.63. The van der Waals surface area contributed by atoms with E-state index in [2.05, 4.69) is 16.0 Å². The lowest BCUT2D eigenvalue weighted by Gasteiger charge is -2.23. The second-order valence-electron chi connectivity index (χ2n) is 4.21. The summed E-state index contributed by atoms with van der Waals surface area (Å²) in [5.74, 6) is -0.312. The summed E-state index contributed by atoms with van der Waals surface area (Å²) in [6.45, 7) is 2.36. The lowest BCUT2D eigenvalue weighted by atomic mass is 10.2. The number of carbonyl (C=O) groups excluding carboxylic acids is 2. The average Bonchev–Trinajstić information content (AvgIpc) is 2.33. The largest absolute Gasteiger partial charge is 0.353 e. The van der Waals surface area contributed by atoms with Gasteiger partial charge in [-0.2, -0.15) is 0 Å². The van der Waals surface area contributed by atoms with E-state index < -0.39 is 6.04 Å². The molecule has 2 amide bonds. The van der Waals surface area contributed by atoms with Crippen LogP contribution in [-0.2, 0) is 9.59 Å². The van der Waals surface area contributed by atoms with Crippen LogP contribution in [-0.4, -0.2) is 30.9 Å². The molecule has 0 aliphatic carbocycles. The summed E-state index contributed by atoms with van der Waals surface area (Å²) in [6, 6.07) is 4.99. The van der Waals surface area contributed by atoms with Crippen molar-refractivity contribution in [3.8, 4) is 0 Å². The molecule has 6 heteroatoms. The Morgan fingerprint density at radius 1 is 1.50 bits per heavy atom. The van der Waals surface area contributed by atoms with Crippen LogP contribution < -0.4 is 16.0 Å². The summed E-state index contributed by atoms with van der Waals surface area (Å²) in [5.41, 5.74) is 1.60. The molecule has 1 atom stereocenters. The summed E-state index contributed by atoms with van der Waals surface area (Å²) >= 11 is 6.03. The molecule has 1 heterocycles. The topological polar surface area (TPSA) is 70.2 Å². The van der Waals surface area contributed by atoms with Crippen LogP contribution in [0.4, 0.5) is 5.69 Å². The maximum Gasteiger partial charge on any atom is 0.243 e. The van der Waals surface area contributed by atoms with Gasteiger partial charge in [0.15, 0.2) is 0 Å². The molecule has 0 bridgehead atoms. The van der Waals surface area contributed by atoms with Crippen molar-refractivity contribution in [1.82, 2.24) is 10.6 Å². The second kappa shape index (κ2) is 5.37. The molecule has 3 N–H and O–H groups in total. The van der Waals surface area contributed by atoms with E-state index in [0.717, 1.165) is 5.56 Å². The van der Waals surface area contributed by atoms with Gasteiger partial charge in [-0.1, -0.05) is 17.7 Å². The van der Waals surface area contributed by atoms with Gasteiger partial charge < -0.3 is 10.6 Å². The normalized spacial score (nSPS) is 19.2. The summed E-state index contributed by atoms with van der Waals surface area (Å²) in [5, 5.41) is 8.72. The number of hydrogen-bond donors (Lipinski definition) is 3. The molecule has 1 aliphatic rings. The highest BCUT2D eigenvalue weighted by Crippen LogP contribution is 2.22. The maximum atomic E-state index is 11.9. The molecule has 0 saturated carbocycles. The van der Waals surface area contributed by atoms with Gasteiger partial charge in [0.1, 0.15) is 6.04 Å². The molecule has 1 aliphatic heterocycles. The number of amides is 2. The van der Waals surface area contributed by atoms with E-state index in [9.17, 15) is 9.59 Å². The molecule has 18 heavy (non-hydrogen) atoms. The highest BCUT2D eigenvalue weighted by Gasteiger charge is 2.24. The molecular formula is C12H14ClN3O2. The highest BCUT2D eigenvalue weighted by atomic mass is 35.5. The minimum absolute atomic E-state index is 0.104. The molecule has 0 radical (unpaired) electrons. The van der Waals surface area contributed by atoms with Crippen molar-refractivity contribution >= 4 is 29.1 Å². The number of aryl methyl sites for hydroxylation is 1. The minimum atomic E-state index is -0.430. The first kappa shape index (κ1) is 12.9. The van der Waals surface area contributed by atoms with Gasteiger partial charge in [0.25, 0.3) is 0 Å². The quantitative estimate of drug-likeness (QED) is 0.738. The summed E-state index contributed by atoms with van der Waals surface area (Å²) in [6.07, 6.45) is 0. The first-order chi connectivity index (χ1) is 8.56. The molecule has 1 aromatic carbocycles.